The Morgan fingerprint density at radius 1 is 1.36 bits per heavy atom. The van der Waals surface area contributed by atoms with E-state index in [1.54, 1.807) is 19.1 Å². The second-order valence-corrected chi connectivity index (χ2v) is 2.36. The fourth-order valence-corrected chi connectivity index (χ4v) is 0.803. The summed E-state index contributed by atoms with van der Waals surface area (Å²) in [7, 11) is 0. The standard InChI is InChI=1S/C10H14O/c1-5-7-10(9(4)11)8(3)6-2/h5-7H,2H2,1,3-4H3/b7-5-,10-8+. The molecular weight excluding hydrogens is 136 g/mol. The molecule has 0 aliphatic heterocycles. The molecule has 0 saturated carbocycles. The van der Waals surface area contributed by atoms with Crippen LogP contribution in [0.2, 0.25) is 0 Å². The summed E-state index contributed by atoms with van der Waals surface area (Å²) < 4.78 is 0. The molecule has 1 heteroatoms. The van der Waals surface area contributed by atoms with Crippen LogP contribution >= 0.6 is 0 Å². The summed E-state index contributed by atoms with van der Waals surface area (Å²) in [4.78, 5) is 11.0. The van der Waals surface area contributed by atoms with E-state index in [0.717, 1.165) is 11.1 Å². The first-order chi connectivity index (χ1) is 5.13. The lowest BCUT2D eigenvalue weighted by Gasteiger charge is -1.98. The number of carbonyl (C=O) groups is 1. The molecule has 0 radical (unpaired) electrons. The normalized spacial score (nSPS) is 13.0. The topological polar surface area (TPSA) is 17.1 Å². The summed E-state index contributed by atoms with van der Waals surface area (Å²) in [6.45, 7) is 8.93. The third-order valence-electron chi connectivity index (χ3n) is 1.44. The summed E-state index contributed by atoms with van der Waals surface area (Å²) >= 11 is 0. The summed E-state index contributed by atoms with van der Waals surface area (Å²) in [5, 5.41) is 0. The van der Waals surface area contributed by atoms with Crippen LogP contribution in [0.5, 0.6) is 0 Å². The van der Waals surface area contributed by atoms with Crippen LogP contribution in [0.1, 0.15) is 20.8 Å². The van der Waals surface area contributed by atoms with Crippen molar-refractivity contribution >= 4 is 5.78 Å². The van der Waals surface area contributed by atoms with Crippen LogP contribution in [0.15, 0.2) is 36.0 Å². The molecule has 0 saturated heterocycles. The van der Waals surface area contributed by atoms with Gasteiger partial charge in [0.2, 0.25) is 0 Å². The van der Waals surface area contributed by atoms with Crippen molar-refractivity contribution in [2.75, 3.05) is 0 Å². The van der Waals surface area contributed by atoms with Crippen LogP contribution in [-0.2, 0) is 4.79 Å². The number of hydrogen-bond donors (Lipinski definition) is 0. The van der Waals surface area contributed by atoms with E-state index in [-0.39, 0.29) is 5.78 Å². The second-order valence-electron chi connectivity index (χ2n) is 2.36. The van der Waals surface area contributed by atoms with Gasteiger partial charge in [-0.25, -0.2) is 0 Å². The Morgan fingerprint density at radius 2 is 1.91 bits per heavy atom. The summed E-state index contributed by atoms with van der Waals surface area (Å²) in [5.41, 5.74) is 1.66. The lowest BCUT2D eigenvalue weighted by Crippen LogP contribution is -1.95. The smallest absolute Gasteiger partial charge is 0.160 e. The molecule has 0 rings (SSSR count). The molecular formula is C10H14O. The first-order valence-corrected chi connectivity index (χ1v) is 3.60. The zero-order valence-electron chi connectivity index (χ0n) is 7.35. The maximum Gasteiger partial charge on any atom is 0.160 e. The van der Waals surface area contributed by atoms with Crippen LogP contribution in [0.4, 0.5) is 0 Å². The Hall–Kier alpha value is -1.11. The molecule has 0 aromatic rings. The number of allylic oxidation sites excluding steroid dienone is 5. The zero-order chi connectivity index (χ0) is 8.85. The molecule has 0 amide bonds. The minimum Gasteiger partial charge on any atom is -0.295 e. The van der Waals surface area contributed by atoms with Gasteiger partial charge < -0.3 is 0 Å². The van der Waals surface area contributed by atoms with Crippen LogP contribution in [0, 0.1) is 0 Å². The van der Waals surface area contributed by atoms with E-state index < -0.39 is 0 Å². The van der Waals surface area contributed by atoms with E-state index in [0.29, 0.717) is 0 Å². The molecule has 0 aromatic carbocycles. The number of hydrogen-bond acceptors (Lipinski definition) is 1. The maximum absolute atomic E-state index is 11.0. The third-order valence-corrected chi connectivity index (χ3v) is 1.44. The Morgan fingerprint density at radius 3 is 2.18 bits per heavy atom. The van der Waals surface area contributed by atoms with Crippen molar-refractivity contribution in [1.82, 2.24) is 0 Å². The summed E-state index contributed by atoms with van der Waals surface area (Å²) in [6.07, 6.45) is 5.35. The average molecular weight is 150 g/mol. The molecule has 0 atom stereocenters. The molecule has 0 aliphatic rings. The molecule has 0 aromatic heterocycles. The van der Waals surface area contributed by atoms with Gasteiger partial charge in [-0.1, -0.05) is 24.8 Å². The third kappa shape index (κ3) is 2.99. The van der Waals surface area contributed by atoms with Gasteiger partial charge in [0.15, 0.2) is 5.78 Å². The second kappa shape index (κ2) is 4.67. The maximum atomic E-state index is 11.0. The van der Waals surface area contributed by atoms with Gasteiger partial charge in [0.25, 0.3) is 0 Å². The highest BCUT2D eigenvalue weighted by atomic mass is 16.1. The quantitative estimate of drug-likeness (QED) is 0.446. The summed E-state index contributed by atoms with van der Waals surface area (Å²) in [5.74, 6) is 0.0838. The van der Waals surface area contributed by atoms with Gasteiger partial charge in [-0.05, 0) is 26.3 Å². The van der Waals surface area contributed by atoms with Gasteiger partial charge in [0.1, 0.15) is 0 Å². The van der Waals surface area contributed by atoms with Crippen molar-refractivity contribution in [2.24, 2.45) is 0 Å². The van der Waals surface area contributed by atoms with Gasteiger partial charge >= 0.3 is 0 Å². The van der Waals surface area contributed by atoms with Crippen LogP contribution in [0.3, 0.4) is 0 Å². The van der Waals surface area contributed by atoms with E-state index in [9.17, 15) is 4.79 Å². The fourth-order valence-electron chi connectivity index (χ4n) is 0.803. The van der Waals surface area contributed by atoms with Gasteiger partial charge in [-0.15, -0.1) is 0 Å². The van der Waals surface area contributed by atoms with E-state index in [4.69, 9.17) is 0 Å². The Labute approximate surface area is 68.1 Å². The van der Waals surface area contributed by atoms with Crippen molar-refractivity contribution in [2.45, 2.75) is 20.8 Å². The van der Waals surface area contributed by atoms with Gasteiger partial charge in [0, 0.05) is 5.57 Å². The van der Waals surface area contributed by atoms with E-state index >= 15 is 0 Å². The molecule has 0 spiro atoms. The molecule has 0 N–H and O–H groups in total. The minimum atomic E-state index is 0.0838. The van der Waals surface area contributed by atoms with Crippen LogP contribution in [-0.4, -0.2) is 5.78 Å². The molecule has 0 bridgehead atoms. The highest BCUT2D eigenvalue weighted by molar-refractivity contribution is 5.97. The lowest BCUT2D eigenvalue weighted by molar-refractivity contribution is -0.113. The number of ketones is 1. The Kier molecular flexibility index (Phi) is 4.20. The molecule has 60 valence electrons. The van der Waals surface area contributed by atoms with Crippen molar-refractivity contribution in [3.63, 3.8) is 0 Å². The first-order valence-electron chi connectivity index (χ1n) is 3.60. The predicted octanol–water partition coefficient (Wildman–Crippen LogP) is 2.65. The zero-order valence-corrected chi connectivity index (χ0v) is 7.35. The van der Waals surface area contributed by atoms with Gasteiger partial charge in [0.05, 0.1) is 0 Å². The molecule has 11 heavy (non-hydrogen) atoms. The molecule has 0 heterocycles. The van der Waals surface area contributed by atoms with Crippen LogP contribution in [0.25, 0.3) is 0 Å². The van der Waals surface area contributed by atoms with E-state index in [1.165, 1.54) is 0 Å². The molecule has 0 fully saturated rings. The number of rotatable bonds is 3. The molecule has 0 aliphatic carbocycles. The van der Waals surface area contributed by atoms with E-state index in [1.807, 2.05) is 19.9 Å². The summed E-state index contributed by atoms with van der Waals surface area (Å²) in [6, 6.07) is 0. The Bertz CT molecular complexity index is 219. The minimum absolute atomic E-state index is 0.0838. The number of carbonyl (C=O) groups excluding carboxylic acids is 1. The highest BCUT2D eigenvalue weighted by Gasteiger charge is 2.00. The molecule has 1 nitrogen and oxygen atoms in total. The predicted molar refractivity (Wildman–Crippen MR) is 48.4 cm³/mol. The van der Waals surface area contributed by atoms with E-state index in [2.05, 4.69) is 6.58 Å². The van der Waals surface area contributed by atoms with Crippen molar-refractivity contribution in [1.29, 1.82) is 0 Å². The number of Topliss-reactive ketones (excluding diaryl/α,β-unsaturated/α-hetero) is 1. The van der Waals surface area contributed by atoms with Crippen molar-refractivity contribution < 1.29 is 4.79 Å². The molecule has 0 unspecified atom stereocenters. The van der Waals surface area contributed by atoms with Gasteiger partial charge in [-0.2, -0.15) is 0 Å². The highest BCUT2D eigenvalue weighted by Crippen LogP contribution is 2.07. The van der Waals surface area contributed by atoms with Crippen molar-refractivity contribution in [3.05, 3.63) is 36.0 Å². The SMILES string of the molecule is C=C/C(C)=C(\C=C/C)C(C)=O. The largest absolute Gasteiger partial charge is 0.295 e. The van der Waals surface area contributed by atoms with Crippen LogP contribution < -0.4 is 0 Å². The lowest BCUT2D eigenvalue weighted by atomic mass is 10.1. The van der Waals surface area contributed by atoms with Gasteiger partial charge in [-0.3, -0.25) is 4.79 Å². The van der Waals surface area contributed by atoms with Crippen molar-refractivity contribution in [3.8, 4) is 0 Å². The Balaban J connectivity index is 4.87. The average Bonchev–Trinajstić information content (AvgIpc) is 1.98. The first kappa shape index (κ1) is 9.89. The monoisotopic (exact) mass is 150 g/mol. The fraction of sp³-hybridized carbons (Fsp3) is 0.300.